The molecule has 2 rings (SSSR count). The summed E-state index contributed by atoms with van der Waals surface area (Å²) in [5.74, 6) is 0.877. The van der Waals surface area contributed by atoms with Gasteiger partial charge in [0, 0.05) is 10.9 Å². The van der Waals surface area contributed by atoms with Gasteiger partial charge in [-0.25, -0.2) is 4.98 Å². The summed E-state index contributed by atoms with van der Waals surface area (Å²) in [6.07, 6.45) is 1.50. The van der Waals surface area contributed by atoms with Gasteiger partial charge in [-0.15, -0.1) is 0 Å². The van der Waals surface area contributed by atoms with Crippen molar-refractivity contribution in [1.82, 2.24) is 4.98 Å². The number of hydrogen-bond acceptors (Lipinski definition) is 2. The molecule has 0 unspecified atom stereocenters. The van der Waals surface area contributed by atoms with Crippen molar-refractivity contribution in [3.8, 4) is 11.3 Å². The van der Waals surface area contributed by atoms with Gasteiger partial charge in [-0.3, -0.25) is 0 Å². The van der Waals surface area contributed by atoms with Crippen LogP contribution >= 0.6 is 15.9 Å². The van der Waals surface area contributed by atoms with E-state index in [1.165, 1.54) is 17.5 Å². The Hall–Kier alpha value is -1.09. The first-order chi connectivity index (χ1) is 7.24. The van der Waals surface area contributed by atoms with Crippen molar-refractivity contribution in [3.05, 3.63) is 41.4 Å². The molecule has 0 saturated carbocycles. The number of hydrogen-bond donors (Lipinski definition) is 0. The molecule has 0 aliphatic carbocycles. The zero-order chi connectivity index (χ0) is 10.8. The van der Waals surface area contributed by atoms with Gasteiger partial charge in [0.1, 0.15) is 0 Å². The van der Waals surface area contributed by atoms with E-state index in [9.17, 15) is 0 Å². The third-order valence-corrected chi connectivity index (χ3v) is 3.01. The molecule has 1 heterocycles. The maximum atomic E-state index is 5.46. The van der Waals surface area contributed by atoms with E-state index in [4.69, 9.17) is 4.42 Å². The third-order valence-electron chi connectivity index (χ3n) is 2.48. The molecule has 2 aromatic rings. The molecule has 0 bridgehead atoms. The lowest BCUT2D eigenvalue weighted by Gasteiger charge is -2.07. The normalized spacial score (nSPS) is 10.6. The molecule has 0 aliphatic heterocycles. The van der Waals surface area contributed by atoms with E-state index in [0.717, 1.165) is 17.0 Å². The molecule has 0 amide bonds. The Labute approximate surface area is 97.5 Å². The summed E-state index contributed by atoms with van der Waals surface area (Å²) in [4.78, 5) is 4.18. The highest BCUT2D eigenvalue weighted by molar-refractivity contribution is 9.08. The molecule has 0 saturated heterocycles. The number of benzene rings is 1. The molecule has 0 radical (unpaired) electrons. The van der Waals surface area contributed by atoms with Crippen molar-refractivity contribution in [1.29, 1.82) is 0 Å². The maximum absolute atomic E-state index is 5.46. The number of nitrogens with zero attached hydrogens (tertiary/aromatic N) is 1. The van der Waals surface area contributed by atoms with Crippen molar-refractivity contribution in [2.75, 3.05) is 0 Å². The summed E-state index contributed by atoms with van der Waals surface area (Å²) in [5, 5.41) is 0.715. The quantitative estimate of drug-likeness (QED) is 0.771. The lowest BCUT2D eigenvalue weighted by Crippen LogP contribution is -1.89. The van der Waals surface area contributed by atoms with Gasteiger partial charge in [-0.1, -0.05) is 34.1 Å². The summed E-state index contributed by atoms with van der Waals surface area (Å²) >= 11 is 3.41. The second-order valence-electron chi connectivity index (χ2n) is 3.53. The van der Waals surface area contributed by atoms with Crippen LogP contribution in [-0.4, -0.2) is 4.98 Å². The number of aryl methyl sites for hydroxylation is 2. The van der Waals surface area contributed by atoms with Crippen LogP contribution in [0.5, 0.6) is 0 Å². The number of aromatic nitrogens is 1. The molecule has 0 N–H and O–H groups in total. The van der Waals surface area contributed by atoms with Crippen molar-refractivity contribution in [2.24, 2.45) is 0 Å². The van der Waals surface area contributed by atoms with Crippen LogP contribution in [-0.2, 0) is 5.33 Å². The van der Waals surface area contributed by atoms with Crippen LogP contribution in [0.1, 0.15) is 16.8 Å². The smallest absolute Gasteiger partial charge is 0.181 e. The van der Waals surface area contributed by atoms with Gasteiger partial charge in [-0.05, 0) is 25.0 Å². The molecular weight excluding hydrogens is 254 g/mol. The predicted molar refractivity (Wildman–Crippen MR) is 64.0 cm³/mol. The van der Waals surface area contributed by atoms with Gasteiger partial charge in [-0.2, -0.15) is 0 Å². The Kier molecular flexibility index (Phi) is 2.91. The van der Waals surface area contributed by atoms with Crippen LogP contribution in [0.25, 0.3) is 11.3 Å². The van der Waals surface area contributed by atoms with Crippen LogP contribution in [0.4, 0.5) is 0 Å². The van der Waals surface area contributed by atoms with Crippen molar-refractivity contribution in [2.45, 2.75) is 19.2 Å². The van der Waals surface area contributed by atoms with E-state index >= 15 is 0 Å². The summed E-state index contributed by atoms with van der Waals surface area (Å²) in [6, 6.07) is 6.23. The lowest BCUT2D eigenvalue weighted by atomic mass is 10.00. The Morgan fingerprint density at radius 3 is 2.53 bits per heavy atom. The Balaban J connectivity index is 2.63. The zero-order valence-corrected chi connectivity index (χ0v) is 10.3. The van der Waals surface area contributed by atoms with Crippen LogP contribution in [0.2, 0.25) is 0 Å². The summed E-state index contributed by atoms with van der Waals surface area (Å²) in [6.45, 7) is 4.17. The van der Waals surface area contributed by atoms with E-state index in [-0.39, 0.29) is 0 Å². The standard InChI is InChI=1S/C12H12BrNO/c1-8-4-3-5-9(2)11(8)12-10(6-13)14-7-15-12/h3-5,7H,6H2,1-2H3. The maximum Gasteiger partial charge on any atom is 0.181 e. The Bertz CT molecular complexity index is 456. The molecule has 0 spiro atoms. The average molecular weight is 266 g/mol. The predicted octanol–water partition coefficient (Wildman–Crippen LogP) is 3.85. The van der Waals surface area contributed by atoms with Gasteiger partial charge in [0.25, 0.3) is 0 Å². The molecule has 0 fully saturated rings. The minimum Gasteiger partial charge on any atom is -0.443 e. The minimum absolute atomic E-state index is 0.715. The van der Waals surface area contributed by atoms with Gasteiger partial charge < -0.3 is 4.42 Å². The van der Waals surface area contributed by atoms with Crippen molar-refractivity contribution >= 4 is 15.9 Å². The second kappa shape index (κ2) is 4.19. The van der Waals surface area contributed by atoms with Gasteiger partial charge in [0.15, 0.2) is 12.2 Å². The van der Waals surface area contributed by atoms with E-state index in [1.54, 1.807) is 0 Å². The van der Waals surface area contributed by atoms with Crippen LogP contribution in [0.15, 0.2) is 29.0 Å². The first-order valence-corrected chi connectivity index (χ1v) is 5.91. The van der Waals surface area contributed by atoms with E-state index in [1.807, 2.05) is 0 Å². The highest BCUT2D eigenvalue weighted by Crippen LogP contribution is 2.30. The topological polar surface area (TPSA) is 26.0 Å². The summed E-state index contributed by atoms with van der Waals surface area (Å²) in [5.41, 5.74) is 4.54. The molecular formula is C12H12BrNO. The molecule has 78 valence electrons. The molecule has 2 nitrogen and oxygen atoms in total. The van der Waals surface area contributed by atoms with Crippen molar-refractivity contribution in [3.63, 3.8) is 0 Å². The highest BCUT2D eigenvalue weighted by Gasteiger charge is 2.13. The highest BCUT2D eigenvalue weighted by atomic mass is 79.9. The minimum atomic E-state index is 0.715. The van der Waals surface area contributed by atoms with Crippen molar-refractivity contribution < 1.29 is 4.42 Å². The Morgan fingerprint density at radius 1 is 1.27 bits per heavy atom. The van der Waals surface area contributed by atoms with Gasteiger partial charge >= 0.3 is 0 Å². The molecule has 1 aromatic carbocycles. The fourth-order valence-electron chi connectivity index (χ4n) is 1.74. The number of rotatable bonds is 2. The van der Waals surface area contributed by atoms with E-state index < -0.39 is 0 Å². The monoisotopic (exact) mass is 265 g/mol. The molecule has 0 atom stereocenters. The second-order valence-corrected chi connectivity index (χ2v) is 4.09. The van der Waals surface area contributed by atoms with Crippen LogP contribution in [0, 0.1) is 13.8 Å². The fourth-order valence-corrected chi connectivity index (χ4v) is 2.14. The fraction of sp³-hybridized carbons (Fsp3) is 0.250. The number of oxazole rings is 1. The molecule has 3 heteroatoms. The molecule has 15 heavy (non-hydrogen) atoms. The first-order valence-electron chi connectivity index (χ1n) is 4.79. The number of halogens is 1. The van der Waals surface area contributed by atoms with Crippen LogP contribution < -0.4 is 0 Å². The summed E-state index contributed by atoms with van der Waals surface area (Å²) in [7, 11) is 0. The Morgan fingerprint density at radius 2 is 1.93 bits per heavy atom. The largest absolute Gasteiger partial charge is 0.443 e. The molecule has 0 aliphatic rings. The van der Waals surface area contributed by atoms with Gasteiger partial charge in [0.05, 0.1) is 5.69 Å². The average Bonchev–Trinajstić information content (AvgIpc) is 2.65. The summed E-state index contributed by atoms with van der Waals surface area (Å²) < 4.78 is 5.46. The van der Waals surface area contributed by atoms with E-state index in [2.05, 4.69) is 53.0 Å². The molecule has 1 aromatic heterocycles. The van der Waals surface area contributed by atoms with Crippen LogP contribution in [0.3, 0.4) is 0 Å². The third kappa shape index (κ3) is 1.84. The first kappa shape index (κ1) is 10.4. The SMILES string of the molecule is Cc1cccc(C)c1-c1ocnc1CBr. The zero-order valence-electron chi connectivity index (χ0n) is 8.75. The van der Waals surface area contributed by atoms with Gasteiger partial charge in [0.2, 0.25) is 0 Å². The van der Waals surface area contributed by atoms with E-state index in [0.29, 0.717) is 5.33 Å². The number of alkyl halides is 1. The lowest BCUT2D eigenvalue weighted by molar-refractivity contribution is 0.570.